The summed E-state index contributed by atoms with van der Waals surface area (Å²) in [6.45, 7) is 3.03. The van der Waals surface area contributed by atoms with Crippen LogP contribution in [0.1, 0.15) is 10.4 Å². The summed E-state index contributed by atoms with van der Waals surface area (Å²) < 4.78 is 0. The highest BCUT2D eigenvalue weighted by atomic mass is 16.6. The SMILES string of the molecule is O=C(Nc1ccc(N2CCNCC2)c([N+](=O)[O-])c1)c1ccccc1. The Labute approximate surface area is 139 Å². The van der Waals surface area contributed by atoms with Crippen molar-refractivity contribution in [2.75, 3.05) is 36.4 Å². The van der Waals surface area contributed by atoms with Gasteiger partial charge in [-0.25, -0.2) is 0 Å². The van der Waals surface area contributed by atoms with Gasteiger partial charge in [0.05, 0.1) is 4.92 Å². The van der Waals surface area contributed by atoms with E-state index in [0.29, 0.717) is 16.9 Å². The Bertz CT molecular complexity index is 743. The molecule has 7 heteroatoms. The normalized spacial score (nSPS) is 14.2. The minimum atomic E-state index is -0.407. The van der Waals surface area contributed by atoms with Crippen molar-refractivity contribution in [3.63, 3.8) is 0 Å². The highest BCUT2D eigenvalue weighted by molar-refractivity contribution is 6.04. The van der Waals surface area contributed by atoms with Gasteiger partial charge in [-0.15, -0.1) is 0 Å². The number of hydrogen-bond acceptors (Lipinski definition) is 5. The lowest BCUT2D eigenvalue weighted by Crippen LogP contribution is -2.43. The molecular formula is C17H18N4O3. The molecule has 2 aromatic rings. The van der Waals surface area contributed by atoms with E-state index in [-0.39, 0.29) is 11.6 Å². The molecule has 0 atom stereocenters. The Kier molecular flexibility index (Phi) is 4.72. The molecule has 1 aliphatic heterocycles. The van der Waals surface area contributed by atoms with Crippen molar-refractivity contribution in [3.05, 3.63) is 64.2 Å². The molecule has 2 aromatic carbocycles. The minimum absolute atomic E-state index is 0.00256. The Hall–Kier alpha value is -2.93. The van der Waals surface area contributed by atoms with Crippen LogP contribution in [-0.4, -0.2) is 37.0 Å². The molecule has 0 radical (unpaired) electrons. The zero-order chi connectivity index (χ0) is 16.9. The lowest BCUT2D eigenvalue weighted by atomic mass is 10.1. The average molecular weight is 326 g/mol. The maximum absolute atomic E-state index is 12.2. The first-order chi connectivity index (χ1) is 11.6. The van der Waals surface area contributed by atoms with Gasteiger partial charge in [-0.1, -0.05) is 18.2 Å². The highest BCUT2D eigenvalue weighted by Crippen LogP contribution is 2.31. The van der Waals surface area contributed by atoms with E-state index >= 15 is 0 Å². The van der Waals surface area contributed by atoms with Gasteiger partial charge in [0, 0.05) is 43.5 Å². The molecule has 0 aliphatic carbocycles. The summed E-state index contributed by atoms with van der Waals surface area (Å²) in [6.07, 6.45) is 0. The van der Waals surface area contributed by atoms with Crippen molar-refractivity contribution in [2.24, 2.45) is 0 Å². The molecule has 3 rings (SSSR count). The van der Waals surface area contributed by atoms with Crippen LogP contribution in [0.5, 0.6) is 0 Å². The van der Waals surface area contributed by atoms with Crippen LogP contribution in [0.15, 0.2) is 48.5 Å². The maximum atomic E-state index is 12.2. The average Bonchev–Trinajstić information content (AvgIpc) is 2.63. The molecule has 2 N–H and O–H groups in total. The second-order valence-electron chi connectivity index (χ2n) is 5.52. The molecule has 0 aromatic heterocycles. The topological polar surface area (TPSA) is 87.5 Å². The Morgan fingerprint density at radius 2 is 1.83 bits per heavy atom. The number of nitro groups is 1. The number of carbonyl (C=O) groups excluding carboxylic acids is 1. The molecule has 0 saturated carbocycles. The van der Waals surface area contributed by atoms with Crippen molar-refractivity contribution in [1.29, 1.82) is 0 Å². The van der Waals surface area contributed by atoms with E-state index in [1.54, 1.807) is 36.4 Å². The summed E-state index contributed by atoms with van der Waals surface area (Å²) in [7, 11) is 0. The van der Waals surface area contributed by atoms with Crippen LogP contribution in [0.4, 0.5) is 17.1 Å². The van der Waals surface area contributed by atoms with Crippen molar-refractivity contribution in [2.45, 2.75) is 0 Å². The van der Waals surface area contributed by atoms with Gasteiger partial charge in [-0.3, -0.25) is 14.9 Å². The second-order valence-corrected chi connectivity index (χ2v) is 5.52. The van der Waals surface area contributed by atoms with Crippen LogP contribution in [0.3, 0.4) is 0 Å². The predicted molar refractivity (Wildman–Crippen MR) is 92.6 cm³/mol. The molecule has 1 saturated heterocycles. The number of piperazine rings is 1. The smallest absolute Gasteiger partial charge is 0.294 e. The van der Waals surface area contributed by atoms with Gasteiger partial charge in [0.2, 0.25) is 0 Å². The molecule has 1 amide bonds. The predicted octanol–water partition coefficient (Wildman–Crippen LogP) is 2.26. The molecule has 0 unspecified atom stereocenters. The molecule has 0 bridgehead atoms. The van der Waals surface area contributed by atoms with Gasteiger partial charge in [0.25, 0.3) is 11.6 Å². The highest BCUT2D eigenvalue weighted by Gasteiger charge is 2.22. The van der Waals surface area contributed by atoms with Crippen LogP contribution in [-0.2, 0) is 0 Å². The van der Waals surface area contributed by atoms with E-state index in [2.05, 4.69) is 10.6 Å². The van der Waals surface area contributed by atoms with E-state index < -0.39 is 4.92 Å². The van der Waals surface area contributed by atoms with E-state index in [1.165, 1.54) is 6.07 Å². The molecule has 24 heavy (non-hydrogen) atoms. The summed E-state index contributed by atoms with van der Waals surface area (Å²) in [6, 6.07) is 13.6. The van der Waals surface area contributed by atoms with Gasteiger partial charge in [-0.05, 0) is 24.3 Å². The van der Waals surface area contributed by atoms with E-state index in [0.717, 1.165) is 26.2 Å². The van der Waals surface area contributed by atoms with Crippen LogP contribution < -0.4 is 15.5 Å². The summed E-state index contributed by atoms with van der Waals surface area (Å²) in [5.74, 6) is -0.292. The van der Waals surface area contributed by atoms with Crippen LogP contribution in [0.25, 0.3) is 0 Å². The number of amides is 1. The summed E-state index contributed by atoms with van der Waals surface area (Å²) in [5.41, 5.74) is 1.50. The number of hydrogen-bond donors (Lipinski definition) is 2. The van der Waals surface area contributed by atoms with E-state index in [9.17, 15) is 14.9 Å². The first-order valence-corrected chi connectivity index (χ1v) is 7.75. The number of anilines is 2. The molecule has 0 spiro atoms. The van der Waals surface area contributed by atoms with Crippen molar-refractivity contribution >= 4 is 23.0 Å². The van der Waals surface area contributed by atoms with E-state index in [1.807, 2.05) is 11.0 Å². The Morgan fingerprint density at radius 3 is 2.50 bits per heavy atom. The zero-order valence-corrected chi connectivity index (χ0v) is 13.1. The fraction of sp³-hybridized carbons (Fsp3) is 0.235. The molecule has 124 valence electrons. The first-order valence-electron chi connectivity index (χ1n) is 7.75. The zero-order valence-electron chi connectivity index (χ0n) is 13.1. The van der Waals surface area contributed by atoms with Gasteiger partial charge in [0.1, 0.15) is 5.69 Å². The number of nitrogens with one attached hydrogen (secondary N) is 2. The second kappa shape index (κ2) is 7.10. The first kappa shape index (κ1) is 15.9. The lowest BCUT2D eigenvalue weighted by Gasteiger charge is -2.29. The Balaban J connectivity index is 1.83. The van der Waals surface area contributed by atoms with Crippen molar-refractivity contribution < 1.29 is 9.72 Å². The number of nitro benzene ring substituents is 1. The third-order valence-corrected chi connectivity index (χ3v) is 3.92. The molecule has 7 nitrogen and oxygen atoms in total. The quantitative estimate of drug-likeness (QED) is 0.665. The monoisotopic (exact) mass is 326 g/mol. The standard InChI is InChI=1S/C17H18N4O3/c22-17(13-4-2-1-3-5-13)19-14-6-7-15(16(12-14)21(23)24)20-10-8-18-9-11-20/h1-7,12,18H,8-11H2,(H,19,22). The van der Waals surface area contributed by atoms with Crippen LogP contribution >= 0.6 is 0 Å². The summed E-state index contributed by atoms with van der Waals surface area (Å²) >= 11 is 0. The van der Waals surface area contributed by atoms with Crippen LogP contribution in [0.2, 0.25) is 0 Å². The van der Waals surface area contributed by atoms with Gasteiger partial charge in [0.15, 0.2) is 0 Å². The third kappa shape index (κ3) is 3.52. The lowest BCUT2D eigenvalue weighted by molar-refractivity contribution is -0.384. The summed E-state index contributed by atoms with van der Waals surface area (Å²) in [4.78, 5) is 25.2. The fourth-order valence-electron chi connectivity index (χ4n) is 2.71. The van der Waals surface area contributed by atoms with E-state index in [4.69, 9.17) is 0 Å². The number of rotatable bonds is 4. The number of carbonyl (C=O) groups is 1. The van der Waals surface area contributed by atoms with Crippen LogP contribution in [0, 0.1) is 10.1 Å². The number of benzene rings is 2. The number of nitrogens with zero attached hydrogens (tertiary/aromatic N) is 2. The molecular weight excluding hydrogens is 308 g/mol. The largest absolute Gasteiger partial charge is 0.363 e. The van der Waals surface area contributed by atoms with Crippen molar-refractivity contribution in [1.82, 2.24) is 5.32 Å². The fourth-order valence-corrected chi connectivity index (χ4v) is 2.71. The molecule has 1 aliphatic rings. The minimum Gasteiger partial charge on any atom is -0.363 e. The summed E-state index contributed by atoms with van der Waals surface area (Å²) in [5, 5.41) is 17.4. The maximum Gasteiger partial charge on any atom is 0.294 e. The molecule has 1 fully saturated rings. The third-order valence-electron chi connectivity index (χ3n) is 3.92. The molecule has 1 heterocycles. The van der Waals surface area contributed by atoms with Crippen molar-refractivity contribution in [3.8, 4) is 0 Å². The Morgan fingerprint density at radius 1 is 1.12 bits per heavy atom. The van der Waals surface area contributed by atoms with Gasteiger partial charge in [-0.2, -0.15) is 0 Å². The van der Waals surface area contributed by atoms with Gasteiger partial charge < -0.3 is 15.5 Å². The van der Waals surface area contributed by atoms with Gasteiger partial charge >= 0.3 is 0 Å².